The summed E-state index contributed by atoms with van der Waals surface area (Å²) in [6.45, 7) is 16.2. The number of unbranched alkanes of at least 4 members (excludes halogenated alkanes) is 2. The number of nitrogens with zero attached hydrogens (tertiary/aromatic N) is 1. The minimum absolute atomic E-state index is 0.414. The number of hydrogen-bond donors (Lipinski definition) is 1. The van der Waals surface area contributed by atoms with Crippen molar-refractivity contribution in [1.29, 1.82) is 0 Å². The van der Waals surface area contributed by atoms with Crippen LogP contribution in [0.15, 0.2) is 41.4 Å². The largest absolute Gasteiger partial charge is 0.465 e. The summed E-state index contributed by atoms with van der Waals surface area (Å²) in [4.78, 5) is 5.08. The first-order valence-corrected chi connectivity index (χ1v) is 12.1. The molecule has 3 nitrogen and oxygen atoms in total. The third kappa shape index (κ3) is 6.85. The van der Waals surface area contributed by atoms with Crippen molar-refractivity contribution in [1.82, 2.24) is 0 Å². The molecule has 0 unspecified atom stereocenters. The molecule has 3 heteroatoms. The van der Waals surface area contributed by atoms with Crippen LogP contribution in [0.3, 0.4) is 0 Å². The molecule has 0 aliphatic rings. The normalized spacial score (nSPS) is 12.0. The molecule has 0 saturated carbocycles. The van der Waals surface area contributed by atoms with Gasteiger partial charge in [0.2, 0.25) is 0 Å². The Morgan fingerprint density at radius 1 is 0.839 bits per heavy atom. The molecule has 0 fully saturated rings. The zero-order valence-electron chi connectivity index (χ0n) is 20.7. The Morgan fingerprint density at radius 2 is 1.39 bits per heavy atom. The van der Waals surface area contributed by atoms with E-state index in [2.05, 4.69) is 90.2 Å². The van der Waals surface area contributed by atoms with Crippen molar-refractivity contribution >= 4 is 17.4 Å². The molecule has 2 rings (SSSR count). The van der Waals surface area contributed by atoms with E-state index in [9.17, 15) is 0 Å². The van der Waals surface area contributed by atoms with Crippen molar-refractivity contribution in [3.05, 3.63) is 58.7 Å². The summed E-state index contributed by atoms with van der Waals surface area (Å²) in [6, 6.07) is 13.7. The topological polar surface area (TPSA) is 33.6 Å². The van der Waals surface area contributed by atoms with Gasteiger partial charge in [0.05, 0.1) is 12.3 Å². The Labute approximate surface area is 190 Å². The summed E-state index contributed by atoms with van der Waals surface area (Å²) in [5.74, 6) is 0.827. The number of benzene rings is 2. The second kappa shape index (κ2) is 12.5. The van der Waals surface area contributed by atoms with Gasteiger partial charge < -0.3 is 10.1 Å². The zero-order chi connectivity index (χ0) is 22.8. The summed E-state index contributed by atoms with van der Waals surface area (Å²) in [6.07, 6.45) is 5.29. The van der Waals surface area contributed by atoms with E-state index >= 15 is 0 Å². The molecule has 0 atom stereocenters. The summed E-state index contributed by atoms with van der Waals surface area (Å²) in [7, 11) is 0. The lowest BCUT2D eigenvalue weighted by Gasteiger charge is -2.22. The monoisotopic (exact) mass is 422 g/mol. The number of ether oxygens (including phenoxy) is 1. The fourth-order valence-electron chi connectivity index (χ4n) is 3.88. The minimum Gasteiger partial charge on any atom is -0.465 e. The summed E-state index contributed by atoms with van der Waals surface area (Å²) >= 11 is 0. The van der Waals surface area contributed by atoms with Crippen LogP contribution in [0.1, 0.15) is 102 Å². The Kier molecular flexibility index (Phi) is 10.1. The van der Waals surface area contributed by atoms with Gasteiger partial charge in [-0.05, 0) is 53.4 Å². The highest BCUT2D eigenvalue weighted by molar-refractivity contribution is 5.93. The van der Waals surface area contributed by atoms with Gasteiger partial charge in [-0.15, -0.1) is 0 Å². The van der Waals surface area contributed by atoms with Crippen molar-refractivity contribution in [3.63, 3.8) is 0 Å². The smallest absolute Gasteiger partial charge is 0.294 e. The molecular formula is C28H42N2O. The Hall–Kier alpha value is -2.29. The number of anilines is 1. The highest BCUT2D eigenvalue weighted by Crippen LogP contribution is 2.33. The lowest BCUT2D eigenvalue weighted by Crippen LogP contribution is -2.20. The number of aryl methyl sites for hydroxylation is 2. The van der Waals surface area contributed by atoms with Gasteiger partial charge >= 0.3 is 0 Å². The van der Waals surface area contributed by atoms with Crippen molar-refractivity contribution in [2.75, 3.05) is 11.9 Å². The van der Waals surface area contributed by atoms with Crippen molar-refractivity contribution in [2.24, 2.45) is 4.99 Å². The number of amidine groups is 1. The van der Waals surface area contributed by atoms with Crippen LogP contribution in [0.5, 0.6) is 0 Å². The highest BCUT2D eigenvalue weighted by atomic mass is 16.5. The second-order valence-corrected chi connectivity index (χ2v) is 8.85. The van der Waals surface area contributed by atoms with Crippen molar-refractivity contribution < 1.29 is 4.74 Å². The van der Waals surface area contributed by atoms with Gasteiger partial charge in [-0.25, -0.2) is 0 Å². The van der Waals surface area contributed by atoms with E-state index in [4.69, 9.17) is 9.73 Å². The molecule has 0 aromatic heterocycles. The second-order valence-electron chi connectivity index (χ2n) is 8.85. The van der Waals surface area contributed by atoms with Gasteiger partial charge in [0.1, 0.15) is 0 Å². The molecule has 1 N–H and O–H groups in total. The molecule has 0 saturated heterocycles. The van der Waals surface area contributed by atoms with Crippen LogP contribution < -0.4 is 5.32 Å². The van der Waals surface area contributed by atoms with Gasteiger partial charge in [-0.2, -0.15) is 4.99 Å². The summed E-state index contributed by atoms with van der Waals surface area (Å²) < 4.78 is 6.26. The van der Waals surface area contributed by atoms with Crippen molar-refractivity contribution in [2.45, 2.75) is 92.4 Å². The standard InChI is InChI=1S/C28H42N2O/c1-8-11-12-19-31-28(29-26-22(9-2)15-13-16-23(26)10-3)30-27-24(20(4)5)17-14-18-25(27)21(6)7/h13-18,20-21H,8-12,19H2,1-7H3,(H,29,30). The summed E-state index contributed by atoms with van der Waals surface area (Å²) in [5, 5.41) is 3.63. The van der Waals surface area contributed by atoms with E-state index in [1.54, 1.807) is 0 Å². The predicted molar refractivity (Wildman–Crippen MR) is 136 cm³/mol. The van der Waals surface area contributed by atoms with Gasteiger partial charge in [-0.1, -0.05) is 97.7 Å². The molecule has 0 spiro atoms. The fourth-order valence-corrected chi connectivity index (χ4v) is 3.88. The van der Waals surface area contributed by atoms with E-state index in [0.717, 1.165) is 30.6 Å². The molecule has 31 heavy (non-hydrogen) atoms. The number of aliphatic imine (C=N–C) groups is 1. The molecule has 0 aliphatic heterocycles. The van der Waals surface area contributed by atoms with E-state index in [1.807, 2.05) is 0 Å². The minimum atomic E-state index is 0.414. The van der Waals surface area contributed by atoms with Gasteiger partial charge in [-0.3, -0.25) is 0 Å². The van der Waals surface area contributed by atoms with Gasteiger partial charge in [0, 0.05) is 5.69 Å². The molecule has 0 heterocycles. The first-order valence-electron chi connectivity index (χ1n) is 12.1. The number of para-hydroxylation sites is 2. The number of hydrogen-bond acceptors (Lipinski definition) is 2. The Bertz CT molecular complexity index is 804. The maximum absolute atomic E-state index is 6.26. The van der Waals surface area contributed by atoms with Crippen LogP contribution in [-0.2, 0) is 17.6 Å². The first-order chi connectivity index (χ1) is 14.9. The third-order valence-electron chi connectivity index (χ3n) is 5.77. The maximum atomic E-state index is 6.26. The quantitative estimate of drug-likeness (QED) is 0.237. The molecule has 2 aromatic rings. The lowest BCUT2D eigenvalue weighted by atomic mass is 9.93. The third-order valence-corrected chi connectivity index (χ3v) is 5.77. The van der Waals surface area contributed by atoms with Crippen LogP contribution in [0.25, 0.3) is 0 Å². The maximum Gasteiger partial charge on any atom is 0.294 e. The predicted octanol–water partition coefficient (Wildman–Crippen LogP) is 8.36. The average Bonchev–Trinajstić information content (AvgIpc) is 2.76. The van der Waals surface area contributed by atoms with E-state index < -0.39 is 0 Å². The Balaban J connectivity index is 2.54. The van der Waals surface area contributed by atoms with Crippen LogP contribution in [0.4, 0.5) is 11.4 Å². The lowest BCUT2D eigenvalue weighted by molar-refractivity contribution is 0.293. The SMILES string of the molecule is CCCCCOC(=Nc1c(CC)cccc1CC)Nc1c(C(C)C)cccc1C(C)C. The number of rotatable bonds is 10. The molecule has 0 radical (unpaired) electrons. The van der Waals surface area contributed by atoms with Gasteiger partial charge in [0.25, 0.3) is 6.02 Å². The molecule has 0 amide bonds. The summed E-state index contributed by atoms with van der Waals surface area (Å²) in [5.41, 5.74) is 7.33. The molecule has 0 bridgehead atoms. The van der Waals surface area contributed by atoms with Gasteiger partial charge in [0.15, 0.2) is 0 Å². The van der Waals surface area contributed by atoms with Crippen LogP contribution in [0, 0.1) is 0 Å². The average molecular weight is 423 g/mol. The Morgan fingerprint density at radius 3 is 1.87 bits per heavy atom. The number of nitrogens with one attached hydrogen (secondary N) is 1. The molecule has 0 aliphatic carbocycles. The van der Waals surface area contributed by atoms with Crippen LogP contribution in [0.2, 0.25) is 0 Å². The van der Waals surface area contributed by atoms with Crippen molar-refractivity contribution in [3.8, 4) is 0 Å². The van der Waals surface area contributed by atoms with Crippen LogP contribution in [-0.4, -0.2) is 12.6 Å². The van der Waals surface area contributed by atoms with E-state index in [0.29, 0.717) is 24.5 Å². The first kappa shape index (κ1) is 25.0. The van der Waals surface area contributed by atoms with Crippen LogP contribution >= 0.6 is 0 Å². The molecular weight excluding hydrogens is 380 g/mol. The highest BCUT2D eigenvalue weighted by Gasteiger charge is 2.17. The van der Waals surface area contributed by atoms with E-state index in [-0.39, 0.29) is 0 Å². The molecule has 2 aromatic carbocycles. The zero-order valence-corrected chi connectivity index (χ0v) is 20.7. The molecule has 170 valence electrons. The fraction of sp³-hybridized carbons (Fsp3) is 0.536. The van der Waals surface area contributed by atoms with E-state index in [1.165, 1.54) is 35.1 Å².